The van der Waals surface area contributed by atoms with Crippen molar-refractivity contribution in [2.75, 3.05) is 6.61 Å². The van der Waals surface area contributed by atoms with E-state index in [0.29, 0.717) is 24.2 Å². The molecule has 0 saturated heterocycles. The highest BCUT2D eigenvalue weighted by Gasteiger charge is 2.63. The maximum atomic E-state index is 12.7. The number of aliphatic hydroxyl groups is 2. The van der Waals surface area contributed by atoms with Crippen LogP contribution in [0.1, 0.15) is 86.0 Å². The number of carbonyl (C=O) groups is 3. The fourth-order valence-corrected chi connectivity index (χ4v) is 8.45. The van der Waals surface area contributed by atoms with Gasteiger partial charge in [-0.2, -0.15) is 0 Å². The smallest absolute Gasteiger partial charge is 0.328 e. The van der Waals surface area contributed by atoms with Crippen LogP contribution in [0.5, 0.6) is 0 Å². The average molecular weight is 586 g/mol. The van der Waals surface area contributed by atoms with Crippen LogP contribution in [0.4, 0.5) is 0 Å². The fourth-order valence-electron chi connectivity index (χ4n) is 8.45. The van der Waals surface area contributed by atoms with Crippen LogP contribution in [0.25, 0.3) is 0 Å². The van der Waals surface area contributed by atoms with Crippen molar-refractivity contribution in [3.05, 3.63) is 11.6 Å². The molecule has 0 aromatic rings. The van der Waals surface area contributed by atoms with Crippen molar-refractivity contribution < 1.29 is 34.5 Å². The zero-order valence-electron chi connectivity index (χ0n) is 25.5. The summed E-state index contributed by atoms with van der Waals surface area (Å²) in [5, 5.41) is 39.2. The molecule has 0 unspecified atom stereocenters. The maximum absolute atomic E-state index is 12.7. The van der Waals surface area contributed by atoms with Crippen molar-refractivity contribution in [3.8, 4) is 12.3 Å². The highest BCUT2D eigenvalue weighted by Crippen LogP contribution is 2.67. The first-order chi connectivity index (χ1) is 19.7. The third-order valence-electron chi connectivity index (χ3n) is 11.1. The largest absolute Gasteiger partial charge is 0.480 e. The Hall–Kier alpha value is -2.90. The molecule has 4 aliphatic rings. The SMILES string of the molecule is C#C[C@@]1(O)CC[C@H]2[C@@H]3CCC4=C/C(=N\OCC(=O)N[C@H](C(=O)N[C@@H](C(=O)O)[C@@H](C)O)C(C)C)CC[C@]4(C)[C@H]3CC[C@@]21C. The van der Waals surface area contributed by atoms with Crippen molar-refractivity contribution >= 4 is 23.5 Å². The van der Waals surface area contributed by atoms with Gasteiger partial charge in [0.25, 0.3) is 5.91 Å². The Morgan fingerprint density at radius 2 is 1.76 bits per heavy atom. The lowest BCUT2D eigenvalue weighted by Crippen LogP contribution is -2.56. The lowest BCUT2D eigenvalue weighted by molar-refractivity contribution is -0.145. The number of aliphatic hydroxyl groups excluding tert-OH is 1. The number of hydrogen-bond acceptors (Lipinski definition) is 7. The molecule has 0 bridgehead atoms. The van der Waals surface area contributed by atoms with Crippen LogP contribution < -0.4 is 10.6 Å². The zero-order valence-corrected chi connectivity index (χ0v) is 25.5. The normalized spacial score (nSPS) is 36.8. The molecule has 4 rings (SSSR count). The molecule has 10 nitrogen and oxygen atoms in total. The number of carbonyl (C=O) groups excluding carboxylic acids is 2. The molecule has 0 aromatic heterocycles. The third kappa shape index (κ3) is 5.70. The number of fused-ring (bicyclic) bond motifs is 5. The van der Waals surface area contributed by atoms with Gasteiger partial charge in [0.05, 0.1) is 11.8 Å². The molecular weight excluding hydrogens is 538 g/mol. The van der Waals surface area contributed by atoms with Gasteiger partial charge < -0.3 is 30.8 Å². The zero-order chi connectivity index (χ0) is 31.0. The predicted octanol–water partition coefficient (Wildman–Crippen LogP) is 2.78. The Bertz CT molecular complexity index is 1190. The monoisotopic (exact) mass is 585 g/mol. The number of amides is 2. The van der Waals surface area contributed by atoms with Gasteiger partial charge in [-0.1, -0.05) is 44.3 Å². The summed E-state index contributed by atoms with van der Waals surface area (Å²) in [5.74, 6) is 1.31. The van der Waals surface area contributed by atoms with Gasteiger partial charge in [-0.05, 0) is 93.5 Å². The van der Waals surface area contributed by atoms with E-state index in [4.69, 9.17) is 11.3 Å². The Balaban J connectivity index is 1.36. The topological polar surface area (TPSA) is 158 Å². The maximum Gasteiger partial charge on any atom is 0.328 e. The summed E-state index contributed by atoms with van der Waals surface area (Å²) < 4.78 is 0. The average Bonchev–Trinajstić information content (AvgIpc) is 3.20. The van der Waals surface area contributed by atoms with Crippen molar-refractivity contribution in [3.63, 3.8) is 0 Å². The molecule has 2 amide bonds. The molecule has 232 valence electrons. The first-order valence-electron chi connectivity index (χ1n) is 15.3. The fraction of sp³-hybridized carbons (Fsp3) is 0.750. The van der Waals surface area contributed by atoms with E-state index in [9.17, 15) is 29.7 Å². The first-order valence-corrected chi connectivity index (χ1v) is 15.3. The minimum Gasteiger partial charge on any atom is -0.480 e. The molecule has 10 heteroatoms. The van der Waals surface area contributed by atoms with Gasteiger partial charge in [0.1, 0.15) is 11.6 Å². The van der Waals surface area contributed by atoms with Crippen LogP contribution in [0.3, 0.4) is 0 Å². The third-order valence-corrected chi connectivity index (χ3v) is 11.1. The van der Waals surface area contributed by atoms with Gasteiger partial charge >= 0.3 is 5.97 Å². The summed E-state index contributed by atoms with van der Waals surface area (Å²) in [5.41, 5.74) is 0.998. The highest BCUT2D eigenvalue weighted by molar-refractivity contribution is 5.96. The molecule has 0 aromatic carbocycles. The van der Waals surface area contributed by atoms with Gasteiger partial charge in [-0.25, -0.2) is 4.79 Å². The summed E-state index contributed by atoms with van der Waals surface area (Å²) in [4.78, 5) is 42.0. The molecule has 42 heavy (non-hydrogen) atoms. The predicted molar refractivity (Wildman–Crippen MR) is 157 cm³/mol. The number of carboxylic acids is 1. The summed E-state index contributed by atoms with van der Waals surface area (Å²) in [7, 11) is 0. The van der Waals surface area contributed by atoms with E-state index in [1.807, 2.05) is 0 Å². The first kappa shape index (κ1) is 32.0. The van der Waals surface area contributed by atoms with Crippen molar-refractivity contribution in [2.45, 2.75) is 110 Å². The van der Waals surface area contributed by atoms with Gasteiger partial charge in [-0.15, -0.1) is 6.42 Å². The molecule has 9 atom stereocenters. The van der Waals surface area contributed by atoms with E-state index in [0.717, 1.165) is 50.7 Å². The van der Waals surface area contributed by atoms with E-state index >= 15 is 0 Å². The summed E-state index contributed by atoms with van der Waals surface area (Å²) >= 11 is 0. The lowest BCUT2D eigenvalue weighted by atomic mass is 9.46. The summed E-state index contributed by atoms with van der Waals surface area (Å²) in [6.45, 7) is 8.89. The standard InChI is InChI=1S/C32H47N3O7/c1-7-32(41)15-12-24-22-9-8-20-16-21(10-13-30(20,5)23(22)11-14-31(24,32)6)35-42-17-25(37)33-26(18(2)3)28(38)34-27(19(4)36)29(39)40/h1,16,18-19,22-24,26-27,36,41H,8-15,17H2,2-6H3,(H,33,37)(H,34,38)(H,39,40)/b35-21-/t19-,22-,23+,24+,26+,27-,30+,31+,32-/m1/s1. The molecule has 4 aliphatic carbocycles. The second-order valence-corrected chi connectivity index (χ2v) is 13.7. The van der Waals surface area contributed by atoms with E-state index in [1.165, 1.54) is 12.5 Å². The number of oxime groups is 1. The van der Waals surface area contributed by atoms with Crippen molar-refractivity contribution in [1.29, 1.82) is 0 Å². The Morgan fingerprint density at radius 1 is 1.07 bits per heavy atom. The molecule has 3 fully saturated rings. The molecule has 0 heterocycles. The number of aliphatic carboxylic acids is 1. The van der Waals surface area contributed by atoms with Crippen LogP contribution in [0.2, 0.25) is 0 Å². The van der Waals surface area contributed by atoms with Gasteiger partial charge in [0.2, 0.25) is 5.91 Å². The van der Waals surface area contributed by atoms with Gasteiger partial charge in [-0.3, -0.25) is 9.59 Å². The second-order valence-electron chi connectivity index (χ2n) is 13.7. The van der Waals surface area contributed by atoms with Crippen LogP contribution in [0.15, 0.2) is 16.8 Å². The van der Waals surface area contributed by atoms with E-state index in [2.05, 4.69) is 41.6 Å². The molecule has 0 radical (unpaired) electrons. The number of allylic oxidation sites excluding steroid dienone is 2. The van der Waals surface area contributed by atoms with Gasteiger partial charge in [0, 0.05) is 5.41 Å². The molecular formula is C32H47N3O7. The number of carboxylic acid groups (broad SMARTS) is 1. The minimum atomic E-state index is -1.49. The number of rotatable bonds is 9. The number of terminal acetylenes is 1. The Kier molecular flexibility index (Phi) is 9.15. The summed E-state index contributed by atoms with van der Waals surface area (Å²) in [6.07, 6.45) is 14.0. The van der Waals surface area contributed by atoms with Crippen molar-refractivity contribution in [2.24, 2.45) is 39.7 Å². The number of nitrogens with one attached hydrogen (secondary N) is 2. The molecule has 3 saturated carbocycles. The van der Waals surface area contributed by atoms with Gasteiger partial charge in [0.15, 0.2) is 12.6 Å². The van der Waals surface area contributed by atoms with Crippen LogP contribution in [-0.2, 0) is 19.2 Å². The number of nitrogens with zero attached hydrogens (tertiary/aromatic N) is 1. The molecule has 5 N–H and O–H groups in total. The summed E-state index contributed by atoms with van der Waals surface area (Å²) in [6, 6.07) is -2.49. The Labute approximate surface area is 248 Å². The lowest BCUT2D eigenvalue weighted by Gasteiger charge is -2.58. The number of hydrogen-bond donors (Lipinski definition) is 5. The highest BCUT2D eigenvalue weighted by atomic mass is 16.6. The molecule has 0 aliphatic heterocycles. The van der Waals surface area contributed by atoms with Crippen molar-refractivity contribution in [1.82, 2.24) is 10.6 Å². The molecule has 0 spiro atoms. The van der Waals surface area contributed by atoms with E-state index < -0.39 is 41.6 Å². The second kappa shape index (κ2) is 12.0. The van der Waals surface area contributed by atoms with Crippen LogP contribution >= 0.6 is 0 Å². The Morgan fingerprint density at radius 3 is 2.38 bits per heavy atom. The van der Waals surface area contributed by atoms with E-state index in [-0.39, 0.29) is 23.4 Å². The van der Waals surface area contributed by atoms with Crippen LogP contribution in [-0.4, -0.2) is 69.2 Å². The quantitative estimate of drug-likeness (QED) is 0.206. The minimum absolute atomic E-state index is 0.0647. The van der Waals surface area contributed by atoms with Crippen LogP contribution in [0, 0.1) is 46.8 Å². The van der Waals surface area contributed by atoms with E-state index in [1.54, 1.807) is 13.8 Å².